The third kappa shape index (κ3) is 13.4. The molecule has 35 heavy (non-hydrogen) atoms. The van der Waals surface area contributed by atoms with Crippen molar-refractivity contribution < 1.29 is 89.8 Å². The van der Waals surface area contributed by atoms with Crippen LogP contribution in [-0.4, -0.2) is 25.9 Å². The topological polar surface area (TPSA) is 124 Å². The quantitative estimate of drug-likeness (QED) is 0.173. The van der Waals surface area contributed by atoms with E-state index in [1.54, 1.807) is 6.07 Å². The summed E-state index contributed by atoms with van der Waals surface area (Å²) in [7, 11) is -9.51. The Hall–Kier alpha value is 0.0600. The molecule has 0 spiro atoms. The molecule has 0 radical (unpaired) electrons. The molecule has 2 aromatic carbocycles. The van der Waals surface area contributed by atoms with E-state index in [9.17, 15) is 25.9 Å². The molecule has 0 saturated carbocycles. The molecule has 0 saturated heterocycles. The standard InChI is InChI=1S/C24H34O7S2.2Na/c1-2-3-4-5-6-7-8-9-10-11-13-20-16-17-24(33(28,29)30)23(18-20)31-21-14-12-15-22(19-21)32(25,26)27;;/h12,14-19H,2-11,13H2,1H3,(H,25,26,27)(H,28,29,30);;/q;2*+1/p-2. The van der Waals surface area contributed by atoms with Gasteiger partial charge in [0.2, 0.25) is 0 Å². The largest absolute Gasteiger partial charge is 1.00 e. The zero-order chi connectivity index (χ0) is 24.3. The van der Waals surface area contributed by atoms with Crippen LogP contribution in [0.1, 0.15) is 76.7 Å². The fourth-order valence-corrected chi connectivity index (χ4v) is 4.72. The summed E-state index contributed by atoms with van der Waals surface area (Å²) in [6.45, 7) is 2.21. The molecule has 0 aliphatic carbocycles. The first kappa shape index (κ1) is 35.1. The van der Waals surface area contributed by atoms with Crippen molar-refractivity contribution >= 4 is 20.2 Å². The van der Waals surface area contributed by atoms with E-state index >= 15 is 0 Å². The molecule has 0 atom stereocenters. The Morgan fingerprint density at radius 3 is 1.83 bits per heavy atom. The Bertz CT molecular complexity index is 1100. The van der Waals surface area contributed by atoms with E-state index in [-0.39, 0.29) is 70.6 Å². The second kappa shape index (κ2) is 17.5. The van der Waals surface area contributed by atoms with Crippen LogP contribution in [0.25, 0.3) is 0 Å². The number of rotatable bonds is 15. The van der Waals surface area contributed by atoms with Crippen LogP contribution in [0.4, 0.5) is 0 Å². The molecule has 0 bridgehead atoms. The summed E-state index contributed by atoms with van der Waals surface area (Å²) in [5, 5.41) is 0. The van der Waals surface area contributed by atoms with Gasteiger partial charge in [0, 0.05) is 0 Å². The number of hydrogen-bond acceptors (Lipinski definition) is 7. The maximum atomic E-state index is 11.6. The van der Waals surface area contributed by atoms with Crippen molar-refractivity contribution in [3.8, 4) is 11.5 Å². The van der Waals surface area contributed by atoms with E-state index in [2.05, 4.69) is 6.92 Å². The summed E-state index contributed by atoms with van der Waals surface area (Å²) in [5.74, 6) is -0.233. The van der Waals surface area contributed by atoms with Gasteiger partial charge in [0.05, 0.1) is 9.79 Å². The van der Waals surface area contributed by atoms with E-state index in [1.807, 2.05) is 0 Å². The number of ether oxygens (including phenoxy) is 1. The summed E-state index contributed by atoms with van der Waals surface area (Å²) in [6, 6.07) is 9.07. The predicted octanol–water partition coefficient (Wildman–Crippen LogP) is -0.241. The molecule has 2 rings (SSSR count). The minimum Gasteiger partial charge on any atom is -0.744 e. The first-order valence-corrected chi connectivity index (χ1v) is 14.3. The summed E-state index contributed by atoms with van der Waals surface area (Å²) < 4.78 is 74.2. The fourth-order valence-electron chi connectivity index (χ4n) is 3.63. The van der Waals surface area contributed by atoms with Crippen LogP contribution in [0.5, 0.6) is 11.5 Å². The zero-order valence-corrected chi connectivity index (χ0v) is 26.6. The van der Waals surface area contributed by atoms with Crippen LogP contribution in [0, 0.1) is 0 Å². The average Bonchev–Trinajstić information content (AvgIpc) is 2.74. The van der Waals surface area contributed by atoms with Crippen LogP contribution < -0.4 is 63.9 Å². The molecule has 0 N–H and O–H groups in total. The molecule has 0 aliphatic rings. The molecule has 0 fully saturated rings. The normalized spacial score (nSPS) is 11.4. The first-order chi connectivity index (χ1) is 15.6. The van der Waals surface area contributed by atoms with E-state index in [0.717, 1.165) is 37.0 Å². The molecule has 0 aromatic heterocycles. The van der Waals surface area contributed by atoms with Gasteiger partial charge in [0.1, 0.15) is 31.7 Å². The number of unbranched alkanes of at least 4 members (excludes halogenated alkanes) is 9. The van der Waals surface area contributed by atoms with E-state index in [4.69, 9.17) is 4.74 Å². The Kier molecular flexibility index (Phi) is 17.6. The van der Waals surface area contributed by atoms with E-state index < -0.39 is 30.0 Å². The van der Waals surface area contributed by atoms with Gasteiger partial charge in [-0.2, -0.15) is 0 Å². The molecule has 0 unspecified atom stereocenters. The zero-order valence-electron chi connectivity index (χ0n) is 21.0. The van der Waals surface area contributed by atoms with Gasteiger partial charge in [-0.25, -0.2) is 16.8 Å². The van der Waals surface area contributed by atoms with Crippen LogP contribution in [-0.2, 0) is 26.7 Å². The molecule has 2 aromatic rings. The fraction of sp³-hybridized carbons (Fsp3) is 0.500. The predicted molar refractivity (Wildman–Crippen MR) is 124 cm³/mol. The molecule has 7 nitrogen and oxygen atoms in total. The molecular formula is C24H32Na2O7S2. The molecule has 184 valence electrons. The minimum absolute atomic E-state index is 0. The SMILES string of the molecule is CCCCCCCCCCCCc1ccc(S(=O)(=O)[O-])c(Oc2cccc(S(=O)(=O)[O-])c2)c1.[Na+].[Na+]. The second-order valence-electron chi connectivity index (χ2n) is 8.20. The summed E-state index contributed by atoms with van der Waals surface area (Å²) in [5.41, 5.74) is 0.810. The molecule has 0 aliphatic heterocycles. The smallest absolute Gasteiger partial charge is 0.744 e. The van der Waals surface area contributed by atoms with Crippen LogP contribution in [0.15, 0.2) is 52.3 Å². The minimum atomic E-state index is -4.81. The number of benzene rings is 2. The maximum absolute atomic E-state index is 11.6. The molecule has 0 heterocycles. The van der Waals surface area contributed by atoms with Crippen LogP contribution in [0.3, 0.4) is 0 Å². The summed E-state index contributed by atoms with van der Waals surface area (Å²) in [4.78, 5) is -1.04. The van der Waals surface area contributed by atoms with Gasteiger partial charge in [-0.3, -0.25) is 0 Å². The monoisotopic (exact) mass is 542 g/mol. The Balaban J connectivity index is 0.00000578. The third-order valence-corrected chi connectivity index (χ3v) is 7.13. The number of hydrogen-bond donors (Lipinski definition) is 0. The van der Waals surface area contributed by atoms with Crippen molar-refractivity contribution in [1.29, 1.82) is 0 Å². The molecular weight excluding hydrogens is 510 g/mol. The van der Waals surface area contributed by atoms with Gasteiger partial charge in [-0.05, 0) is 48.7 Å². The Morgan fingerprint density at radius 2 is 1.29 bits per heavy atom. The maximum Gasteiger partial charge on any atom is 1.00 e. The van der Waals surface area contributed by atoms with Crippen molar-refractivity contribution in [3.63, 3.8) is 0 Å². The molecule has 0 amide bonds. The van der Waals surface area contributed by atoms with Gasteiger partial charge in [0.25, 0.3) is 0 Å². The van der Waals surface area contributed by atoms with Crippen molar-refractivity contribution in [3.05, 3.63) is 48.0 Å². The average molecular weight is 543 g/mol. The van der Waals surface area contributed by atoms with Crippen molar-refractivity contribution in [1.82, 2.24) is 0 Å². The van der Waals surface area contributed by atoms with Crippen molar-refractivity contribution in [2.45, 2.75) is 87.3 Å². The van der Waals surface area contributed by atoms with Gasteiger partial charge in [0.15, 0.2) is 0 Å². The van der Waals surface area contributed by atoms with Crippen LogP contribution in [0.2, 0.25) is 0 Å². The van der Waals surface area contributed by atoms with E-state index in [0.29, 0.717) is 6.42 Å². The van der Waals surface area contributed by atoms with E-state index in [1.165, 1.54) is 69.2 Å². The van der Waals surface area contributed by atoms with Crippen molar-refractivity contribution in [2.24, 2.45) is 0 Å². The van der Waals surface area contributed by atoms with Gasteiger partial charge in [-0.1, -0.05) is 76.8 Å². The van der Waals surface area contributed by atoms with Gasteiger partial charge < -0.3 is 13.8 Å². The Morgan fingerprint density at radius 1 is 0.714 bits per heavy atom. The summed E-state index contributed by atoms with van der Waals surface area (Å²) >= 11 is 0. The number of aryl methyl sites for hydroxylation is 1. The van der Waals surface area contributed by atoms with Crippen molar-refractivity contribution in [2.75, 3.05) is 0 Å². The third-order valence-electron chi connectivity index (χ3n) is 5.42. The summed E-state index contributed by atoms with van der Waals surface area (Å²) in [6.07, 6.45) is 12.7. The van der Waals surface area contributed by atoms with Crippen LogP contribution >= 0.6 is 0 Å². The second-order valence-corrected chi connectivity index (χ2v) is 10.9. The van der Waals surface area contributed by atoms with Gasteiger partial charge in [-0.15, -0.1) is 0 Å². The Labute approximate surface area is 254 Å². The molecule has 11 heteroatoms. The first-order valence-electron chi connectivity index (χ1n) is 11.4. The van der Waals surface area contributed by atoms with Gasteiger partial charge >= 0.3 is 59.1 Å².